The quantitative estimate of drug-likeness (QED) is 0.826. The zero-order valence-electron chi connectivity index (χ0n) is 11.7. The van der Waals surface area contributed by atoms with Gasteiger partial charge in [0.25, 0.3) is 0 Å². The highest BCUT2D eigenvalue weighted by atomic mass is 16.3. The summed E-state index contributed by atoms with van der Waals surface area (Å²) in [6.45, 7) is 8.18. The molecule has 3 nitrogen and oxygen atoms in total. The first-order valence-corrected chi connectivity index (χ1v) is 7.92. The topological polar surface area (TPSA) is 26.7 Å². The lowest BCUT2D eigenvalue weighted by Crippen LogP contribution is -2.65. The lowest BCUT2D eigenvalue weighted by atomic mass is 9.75. The molecule has 1 aliphatic carbocycles. The Morgan fingerprint density at radius 2 is 1.94 bits per heavy atom. The fourth-order valence-electron chi connectivity index (χ4n) is 4.31. The van der Waals surface area contributed by atoms with E-state index in [4.69, 9.17) is 0 Å². The SMILES string of the molecule is CCC1CCCC(C(O)C2CN3CCN2CC3)C1. The van der Waals surface area contributed by atoms with Crippen molar-refractivity contribution in [2.24, 2.45) is 11.8 Å². The summed E-state index contributed by atoms with van der Waals surface area (Å²) in [6.07, 6.45) is 6.45. The Morgan fingerprint density at radius 3 is 2.56 bits per heavy atom. The van der Waals surface area contributed by atoms with E-state index in [1.54, 1.807) is 0 Å². The Balaban J connectivity index is 1.61. The van der Waals surface area contributed by atoms with Crippen LogP contribution in [0.1, 0.15) is 39.0 Å². The van der Waals surface area contributed by atoms with Gasteiger partial charge in [0.05, 0.1) is 6.10 Å². The van der Waals surface area contributed by atoms with E-state index in [1.165, 1.54) is 58.3 Å². The highest BCUT2D eigenvalue weighted by molar-refractivity contribution is 4.95. The third-order valence-electron chi connectivity index (χ3n) is 5.60. The van der Waals surface area contributed by atoms with Gasteiger partial charge in [0.1, 0.15) is 0 Å². The van der Waals surface area contributed by atoms with Gasteiger partial charge in [0.15, 0.2) is 0 Å². The molecule has 3 aliphatic heterocycles. The molecule has 1 saturated carbocycles. The van der Waals surface area contributed by atoms with Crippen molar-refractivity contribution < 1.29 is 5.11 Å². The molecule has 0 amide bonds. The van der Waals surface area contributed by atoms with Crippen LogP contribution in [-0.4, -0.2) is 59.8 Å². The summed E-state index contributed by atoms with van der Waals surface area (Å²) in [7, 11) is 0. The second-order valence-corrected chi connectivity index (χ2v) is 6.60. The fourth-order valence-corrected chi connectivity index (χ4v) is 4.31. The molecule has 3 heterocycles. The van der Waals surface area contributed by atoms with Crippen molar-refractivity contribution in [3.8, 4) is 0 Å². The van der Waals surface area contributed by atoms with Gasteiger partial charge in [-0.05, 0) is 24.7 Å². The molecule has 0 aromatic carbocycles. The van der Waals surface area contributed by atoms with Crippen LogP contribution in [0.25, 0.3) is 0 Å². The summed E-state index contributed by atoms with van der Waals surface area (Å²) >= 11 is 0. The predicted molar refractivity (Wildman–Crippen MR) is 73.5 cm³/mol. The Morgan fingerprint density at radius 1 is 1.17 bits per heavy atom. The Hall–Kier alpha value is -0.120. The zero-order valence-corrected chi connectivity index (χ0v) is 11.7. The molecule has 0 spiro atoms. The average molecular weight is 252 g/mol. The van der Waals surface area contributed by atoms with Crippen LogP contribution in [0.15, 0.2) is 0 Å². The lowest BCUT2D eigenvalue weighted by molar-refractivity contribution is -0.0731. The van der Waals surface area contributed by atoms with E-state index in [1.807, 2.05) is 0 Å². The number of aliphatic hydroxyl groups is 1. The molecule has 4 atom stereocenters. The molecule has 0 radical (unpaired) electrons. The molecule has 3 saturated heterocycles. The molecule has 4 fully saturated rings. The van der Waals surface area contributed by atoms with Crippen molar-refractivity contribution in [3.05, 3.63) is 0 Å². The van der Waals surface area contributed by atoms with Crippen LogP contribution in [0.4, 0.5) is 0 Å². The van der Waals surface area contributed by atoms with Gasteiger partial charge in [0.2, 0.25) is 0 Å². The Labute approximate surface area is 111 Å². The number of nitrogens with zero attached hydrogens (tertiary/aromatic N) is 2. The monoisotopic (exact) mass is 252 g/mol. The third-order valence-corrected chi connectivity index (χ3v) is 5.60. The summed E-state index contributed by atoms with van der Waals surface area (Å²) in [5.74, 6) is 1.43. The Kier molecular flexibility index (Phi) is 3.92. The third kappa shape index (κ3) is 2.45. The van der Waals surface area contributed by atoms with Gasteiger partial charge in [0, 0.05) is 38.8 Å². The number of fused-ring (bicyclic) bond motifs is 3. The van der Waals surface area contributed by atoms with E-state index < -0.39 is 0 Å². The number of aliphatic hydroxyl groups excluding tert-OH is 1. The molecule has 4 unspecified atom stereocenters. The standard InChI is InChI=1S/C15H28N2O/c1-2-12-4-3-5-13(10-12)15(18)14-11-16-6-8-17(14)9-7-16/h12-15,18H,2-11H2,1H3. The van der Waals surface area contributed by atoms with Gasteiger partial charge >= 0.3 is 0 Å². The molecule has 4 aliphatic rings. The van der Waals surface area contributed by atoms with Crippen molar-refractivity contribution in [2.75, 3.05) is 32.7 Å². The largest absolute Gasteiger partial charge is 0.391 e. The zero-order chi connectivity index (χ0) is 12.5. The Bertz CT molecular complexity index is 276. The summed E-state index contributed by atoms with van der Waals surface area (Å²) in [5.41, 5.74) is 0. The van der Waals surface area contributed by atoms with Gasteiger partial charge in [-0.3, -0.25) is 9.80 Å². The normalized spacial score (nSPS) is 46.0. The molecule has 2 bridgehead atoms. The van der Waals surface area contributed by atoms with Crippen molar-refractivity contribution in [2.45, 2.75) is 51.2 Å². The minimum absolute atomic E-state index is 0.0811. The molecule has 0 aromatic heterocycles. The van der Waals surface area contributed by atoms with Crippen molar-refractivity contribution in [1.29, 1.82) is 0 Å². The fraction of sp³-hybridized carbons (Fsp3) is 1.00. The maximum absolute atomic E-state index is 10.8. The minimum Gasteiger partial charge on any atom is -0.391 e. The first-order chi connectivity index (χ1) is 8.78. The van der Waals surface area contributed by atoms with Crippen LogP contribution < -0.4 is 0 Å². The van der Waals surface area contributed by atoms with Crippen molar-refractivity contribution >= 4 is 0 Å². The van der Waals surface area contributed by atoms with Gasteiger partial charge in [-0.2, -0.15) is 0 Å². The van der Waals surface area contributed by atoms with Gasteiger partial charge < -0.3 is 5.11 Å². The molecular formula is C15H28N2O. The molecule has 3 heteroatoms. The van der Waals surface area contributed by atoms with Crippen LogP contribution in [0.3, 0.4) is 0 Å². The summed E-state index contributed by atoms with van der Waals surface area (Å²) in [6, 6.07) is 0.424. The predicted octanol–water partition coefficient (Wildman–Crippen LogP) is 1.56. The highest BCUT2D eigenvalue weighted by Crippen LogP contribution is 2.35. The molecule has 104 valence electrons. The maximum Gasteiger partial charge on any atom is 0.0736 e. The molecular weight excluding hydrogens is 224 g/mol. The van der Waals surface area contributed by atoms with Gasteiger partial charge in [-0.1, -0.05) is 26.2 Å². The van der Waals surface area contributed by atoms with Gasteiger partial charge in [-0.25, -0.2) is 0 Å². The molecule has 18 heavy (non-hydrogen) atoms. The van der Waals surface area contributed by atoms with E-state index in [0.29, 0.717) is 12.0 Å². The van der Waals surface area contributed by atoms with Crippen LogP contribution in [0, 0.1) is 11.8 Å². The van der Waals surface area contributed by atoms with Crippen LogP contribution in [0.5, 0.6) is 0 Å². The average Bonchev–Trinajstić information content (AvgIpc) is 2.47. The smallest absolute Gasteiger partial charge is 0.0736 e. The summed E-state index contributed by atoms with van der Waals surface area (Å²) in [4.78, 5) is 5.08. The number of piperazine rings is 3. The van der Waals surface area contributed by atoms with Crippen molar-refractivity contribution in [3.63, 3.8) is 0 Å². The minimum atomic E-state index is -0.0811. The first kappa shape index (κ1) is 12.9. The number of hydrogen-bond donors (Lipinski definition) is 1. The van der Waals surface area contributed by atoms with E-state index >= 15 is 0 Å². The van der Waals surface area contributed by atoms with E-state index in [9.17, 15) is 5.11 Å². The second kappa shape index (κ2) is 5.48. The molecule has 4 rings (SSSR count). The van der Waals surface area contributed by atoms with Crippen LogP contribution in [-0.2, 0) is 0 Å². The number of hydrogen-bond acceptors (Lipinski definition) is 3. The molecule has 1 N–H and O–H groups in total. The highest BCUT2D eigenvalue weighted by Gasteiger charge is 2.40. The number of rotatable bonds is 3. The second-order valence-electron chi connectivity index (χ2n) is 6.60. The summed E-state index contributed by atoms with van der Waals surface area (Å²) < 4.78 is 0. The van der Waals surface area contributed by atoms with E-state index in [-0.39, 0.29) is 6.10 Å². The van der Waals surface area contributed by atoms with Crippen molar-refractivity contribution in [1.82, 2.24) is 9.80 Å². The van der Waals surface area contributed by atoms with E-state index in [0.717, 1.165) is 12.5 Å². The maximum atomic E-state index is 10.8. The van der Waals surface area contributed by atoms with E-state index in [2.05, 4.69) is 16.7 Å². The first-order valence-electron chi connectivity index (χ1n) is 7.92. The van der Waals surface area contributed by atoms with Crippen LogP contribution >= 0.6 is 0 Å². The summed E-state index contributed by atoms with van der Waals surface area (Å²) in [5, 5.41) is 10.8. The van der Waals surface area contributed by atoms with Gasteiger partial charge in [-0.15, -0.1) is 0 Å². The van der Waals surface area contributed by atoms with Crippen LogP contribution in [0.2, 0.25) is 0 Å². The lowest BCUT2D eigenvalue weighted by Gasteiger charge is -2.50. The molecule has 0 aromatic rings.